The van der Waals surface area contributed by atoms with Crippen molar-refractivity contribution in [3.63, 3.8) is 0 Å². The molecular weight excluding hydrogens is 282 g/mol. The van der Waals surface area contributed by atoms with Crippen LogP contribution in [0.15, 0.2) is 12.3 Å². The highest BCUT2D eigenvalue weighted by molar-refractivity contribution is 6.32. The lowest BCUT2D eigenvalue weighted by atomic mass is 9.84. The van der Waals surface area contributed by atoms with Gasteiger partial charge >= 0.3 is 0 Å². The number of amides is 1. The Morgan fingerprint density at radius 2 is 2.25 bits per heavy atom. The van der Waals surface area contributed by atoms with Gasteiger partial charge in [-0.2, -0.15) is 0 Å². The van der Waals surface area contributed by atoms with Crippen molar-refractivity contribution in [3.8, 4) is 0 Å². The molecule has 2 rings (SSSR count). The molecule has 20 heavy (non-hydrogen) atoms. The van der Waals surface area contributed by atoms with Crippen LogP contribution in [0.3, 0.4) is 0 Å². The lowest BCUT2D eigenvalue weighted by molar-refractivity contribution is -0.385. The monoisotopic (exact) mass is 297 g/mol. The molecule has 0 aromatic carbocycles. The van der Waals surface area contributed by atoms with Crippen LogP contribution in [0.1, 0.15) is 37.0 Å². The van der Waals surface area contributed by atoms with E-state index in [9.17, 15) is 14.9 Å². The Morgan fingerprint density at radius 1 is 1.55 bits per heavy atom. The van der Waals surface area contributed by atoms with Crippen LogP contribution in [0, 0.1) is 15.5 Å². The molecule has 0 spiro atoms. The summed E-state index contributed by atoms with van der Waals surface area (Å²) in [5.74, 6) is -0.293. The van der Waals surface area contributed by atoms with Gasteiger partial charge in [0.25, 0.3) is 11.6 Å². The van der Waals surface area contributed by atoms with Gasteiger partial charge in [0.2, 0.25) is 0 Å². The van der Waals surface area contributed by atoms with Crippen molar-refractivity contribution in [1.29, 1.82) is 0 Å². The smallest absolute Gasteiger partial charge is 0.288 e. The van der Waals surface area contributed by atoms with Crippen LogP contribution in [0.2, 0.25) is 5.15 Å². The zero-order valence-corrected chi connectivity index (χ0v) is 12.2. The molecule has 2 heterocycles. The number of nitrogens with zero attached hydrogens (tertiary/aromatic N) is 3. The largest absolute Gasteiger partial charge is 0.338 e. The number of carbonyl (C=O) groups is 1. The molecule has 0 bridgehead atoms. The molecule has 0 N–H and O–H groups in total. The van der Waals surface area contributed by atoms with E-state index >= 15 is 0 Å². The number of piperidine rings is 1. The van der Waals surface area contributed by atoms with E-state index in [1.54, 1.807) is 4.90 Å². The van der Waals surface area contributed by atoms with Gasteiger partial charge in [0.1, 0.15) is 11.3 Å². The normalized spacial score (nSPS) is 17.9. The predicted octanol–water partition coefficient (Wildman–Crippen LogP) is 2.91. The summed E-state index contributed by atoms with van der Waals surface area (Å²) >= 11 is 5.90. The predicted molar refractivity (Wildman–Crippen MR) is 74.8 cm³/mol. The fraction of sp³-hybridized carbons (Fsp3) is 0.538. The summed E-state index contributed by atoms with van der Waals surface area (Å²) in [7, 11) is 0. The second-order valence-corrected chi connectivity index (χ2v) is 6.14. The summed E-state index contributed by atoms with van der Waals surface area (Å²) in [6, 6.07) is 1.19. The minimum absolute atomic E-state index is 0.00368. The van der Waals surface area contributed by atoms with Crippen molar-refractivity contribution in [1.82, 2.24) is 9.88 Å². The Kier molecular flexibility index (Phi) is 3.94. The van der Waals surface area contributed by atoms with Crippen molar-refractivity contribution in [2.45, 2.75) is 26.7 Å². The molecule has 0 unspecified atom stereocenters. The summed E-state index contributed by atoms with van der Waals surface area (Å²) in [5, 5.41) is 10.8. The number of aromatic nitrogens is 1. The molecule has 7 heteroatoms. The minimum atomic E-state index is -0.583. The van der Waals surface area contributed by atoms with E-state index in [1.807, 2.05) is 0 Å². The maximum atomic E-state index is 12.5. The maximum Gasteiger partial charge on any atom is 0.288 e. The summed E-state index contributed by atoms with van der Waals surface area (Å²) in [6.07, 6.45) is 3.02. The third-order valence-corrected chi connectivity index (χ3v) is 3.75. The standard InChI is InChI=1S/C13H16ClN3O3/c1-13(2)4-3-5-16(8-13)12(18)10-6-9(17(19)20)7-15-11(10)14/h6-7H,3-5,8H2,1-2H3. The van der Waals surface area contributed by atoms with Crippen molar-refractivity contribution in [2.75, 3.05) is 13.1 Å². The van der Waals surface area contributed by atoms with Gasteiger partial charge in [0, 0.05) is 19.2 Å². The first-order valence-electron chi connectivity index (χ1n) is 6.39. The van der Waals surface area contributed by atoms with Crippen molar-refractivity contribution >= 4 is 23.2 Å². The molecule has 1 fully saturated rings. The van der Waals surface area contributed by atoms with Crippen molar-refractivity contribution < 1.29 is 9.72 Å². The molecule has 1 amide bonds. The van der Waals surface area contributed by atoms with E-state index in [4.69, 9.17) is 11.6 Å². The molecule has 1 saturated heterocycles. The molecule has 0 aliphatic carbocycles. The number of nitro groups is 1. The zero-order chi connectivity index (χ0) is 14.9. The van der Waals surface area contributed by atoms with Crippen LogP contribution in [0.4, 0.5) is 5.69 Å². The number of likely N-dealkylation sites (tertiary alicyclic amines) is 1. The Hall–Kier alpha value is -1.69. The number of carbonyl (C=O) groups excluding carboxylic acids is 1. The highest BCUT2D eigenvalue weighted by Crippen LogP contribution is 2.30. The zero-order valence-electron chi connectivity index (χ0n) is 11.4. The average Bonchev–Trinajstić information content (AvgIpc) is 2.37. The molecule has 1 aliphatic rings. The SMILES string of the molecule is CC1(C)CCCN(C(=O)c2cc([N+](=O)[O-])cnc2Cl)C1. The van der Waals surface area contributed by atoms with Gasteiger partial charge in [-0.25, -0.2) is 4.98 Å². The summed E-state index contributed by atoms with van der Waals surface area (Å²) in [5.41, 5.74) is -0.0817. The molecular formula is C13H16ClN3O3. The molecule has 6 nitrogen and oxygen atoms in total. The highest BCUT2D eigenvalue weighted by atomic mass is 35.5. The van der Waals surface area contributed by atoms with E-state index in [-0.39, 0.29) is 27.7 Å². The second kappa shape index (κ2) is 5.36. The summed E-state index contributed by atoms with van der Waals surface area (Å²) in [6.45, 7) is 5.45. The minimum Gasteiger partial charge on any atom is -0.338 e. The number of pyridine rings is 1. The lowest BCUT2D eigenvalue weighted by Gasteiger charge is -2.38. The van der Waals surface area contributed by atoms with Crippen LogP contribution in [0.5, 0.6) is 0 Å². The fourth-order valence-corrected chi connectivity index (χ4v) is 2.64. The first kappa shape index (κ1) is 14.7. The van der Waals surface area contributed by atoms with Gasteiger partial charge < -0.3 is 4.90 Å². The van der Waals surface area contributed by atoms with Gasteiger partial charge in [-0.05, 0) is 18.3 Å². The number of hydrogen-bond donors (Lipinski definition) is 0. The number of hydrogen-bond acceptors (Lipinski definition) is 4. The third-order valence-electron chi connectivity index (χ3n) is 3.45. The second-order valence-electron chi connectivity index (χ2n) is 5.78. The molecule has 0 radical (unpaired) electrons. The molecule has 0 atom stereocenters. The van der Waals surface area contributed by atoms with E-state index < -0.39 is 4.92 Å². The van der Waals surface area contributed by atoms with Crippen LogP contribution in [-0.2, 0) is 0 Å². The first-order chi connectivity index (χ1) is 9.30. The fourth-order valence-electron chi connectivity index (χ4n) is 2.45. The van der Waals surface area contributed by atoms with E-state index in [1.165, 1.54) is 6.07 Å². The molecule has 0 saturated carbocycles. The van der Waals surface area contributed by atoms with E-state index in [2.05, 4.69) is 18.8 Å². The van der Waals surface area contributed by atoms with Gasteiger partial charge in [-0.1, -0.05) is 25.4 Å². The van der Waals surface area contributed by atoms with Crippen molar-refractivity contribution in [2.24, 2.45) is 5.41 Å². The quantitative estimate of drug-likeness (QED) is 0.478. The van der Waals surface area contributed by atoms with Crippen LogP contribution < -0.4 is 0 Å². The van der Waals surface area contributed by atoms with Gasteiger partial charge in [-0.3, -0.25) is 14.9 Å². The van der Waals surface area contributed by atoms with Gasteiger partial charge in [0.05, 0.1) is 10.5 Å². The van der Waals surface area contributed by atoms with E-state index in [0.717, 1.165) is 19.0 Å². The van der Waals surface area contributed by atoms with Crippen LogP contribution >= 0.6 is 11.6 Å². The molecule has 1 aliphatic heterocycles. The summed E-state index contributed by atoms with van der Waals surface area (Å²) in [4.78, 5) is 28.1. The molecule has 1 aromatic heterocycles. The van der Waals surface area contributed by atoms with Crippen LogP contribution in [-0.4, -0.2) is 33.8 Å². The third kappa shape index (κ3) is 3.07. The Balaban J connectivity index is 2.29. The topological polar surface area (TPSA) is 76.3 Å². The average molecular weight is 298 g/mol. The maximum absolute atomic E-state index is 12.5. The van der Waals surface area contributed by atoms with E-state index in [0.29, 0.717) is 13.1 Å². The van der Waals surface area contributed by atoms with Gasteiger partial charge in [0.15, 0.2) is 0 Å². The first-order valence-corrected chi connectivity index (χ1v) is 6.77. The molecule has 108 valence electrons. The summed E-state index contributed by atoms with van der Waals surface area (Å²) < 4.78 is 0. The lowest BCUT2D eigenvalue weighted by Crippen LogP contribution is -2.43. The molecule has 1 aromatic rings. The number of rotatable bonds is 2. The Bertz CT molecular complexity index is 560. The Morgan fingerprint density at radius 3 is 2.85 bits per heavy atom. The highest BCUT2D eigenvalue weighted by Gasteiger charge is 2.31. The van der Waals surface area contributed by atoms with Gasteiger partial charge in [-0.15, -0.1) is 0 Å². The Labute approximate surface area is 121 Å². The van der Waals surface area contributed by atoms with Crippen LogP contribution in [0.25, 0.3) is 0 Å². The number of halogens is 1. The van der Waals surface area contributed by atoms with Crippen molar-refractivity contribution in [3.05, 3.63) is 33.1 Å².